The van der Waals surface area contributed by atoms with E-state index in [0.717, 1.165) is 27.7 Å². The van der Waals surface area contributed by atoms with Gasteiger partial charge in [-0.15, -0.1) is 0 Å². The summed E-state index contributed by atoms with van der Waals surface area (Å²) < 4.78 is 68.9. The molecular formula is C36H46O18. The Kier molecular flexibility index (Phi) is 15.2. The van der Waals surface area contributed by atoms with Crippen LogP contribution in [-0.4, -0.2) is 131 Å². The zero-order chi connectivity index (χ0) is 39.5. The van der Waals surface area contributed by atoms with E-state index in [2.05, 4.69) is 0 Å². The normalized spacial score (nSPS) is 26.1. The van der Waals surface area contributed by atoms with Crippen molar-refractivity contribution in [2.75, 3.05) is 41.2 Å². The van der Waals surface area contributed by atoms with E-state index in [0.29, 0.717) is 11.3 Å². The lowest BCUT2D eigenvalue weighted by Crippen LogP contribution is -2.59. The molecule has 0 radical (unpaired) electrons. The predicted molar refractivity (Wildman–Crippen MR) is 180 cm³/mol. The standard InChI is InChI=1S/C36H46O18/c1-18(38)48-28-17-47-35(45-7)33(50-20(3)40)32(28)54-36-34(51-21(4)41)31(49-19(2)39)29(53-36)16-46-30(22-12-13-23(42)26(14-22)44-6)27(15-37)52-25-11-9-8-10-24(25)43-5/h8-14,27-37,42H,15-17H2,1-7H3/t27?,28-,29+,30?,31+,32+,33-,34-,35-,36+/m1/s1. The molecule has 2 aliphatic rings. The van der Waals surface area contributed by atoms with Gasteiger partial charge < -0.3 is 67.1 Å². The molecule has 0 amide bonds. The summed E-state index contributed by atoms with van der Waals surface area (Å²) in [6.07, 6.45) is -12.7. The molecule has 2 N–H and O–H groups in total. The molecule has 0 aliphatic carbocycles. The highest BCUT2D eigenvalue weighted by molar-refractivity contribution is 5.68. The molecule has 0 bridgehead atoms. The van der Waals surface area contributed by atoms with Crippen LogP contribution in [-0.2, 0) is 61.8 Å². The molecular weight excluding hydrogens is 720 g/mol. The Morgan fingerprint density at radius 3 is 1.93 bits per heavy atom. The second kappa shape index (κ2) is 19.6. The minimum absolute atomic E-state index is 0.101. The van der Waals surface area contributed by atoms with Gasteiger partial charge in [-0.25, -0.2) is 0 Å². The molecule has 2 aliphatic heterocycles. The minimum Gasteiger partial charge on any atom is -0.504 e. The first-order chi connectivity index (χ1) is 25.8. The third-order valence-corrected chi connectivity index (χ3v) is 8.24. The number of aliphatic hydroxyl groups excluding tert-OH is 1. The van der Waals surface area contributed by atoms with Crippen LogP contribution in [0.5, 0.6) is 23.0 Å². The second-order valence-electron chi connectivity index (χ2n) is 12.1. The third-order valence-electron chi connectivity index (χ3n) is 8.24. The fourth-order valence-corrected chi connectivity index (χ4v) is 6.04. The van der Waals surface area contributed by atoms with Gasteiger partial charge in [0.05, 0.1) is 34.0 Å². The van der Waals surface area contributed by atoms with Gasteiger partial charge in [0.15, 0.2) is 66.1 Å². The van der Waals surface area contributed by atoms with Crippen LogP contribution in [0, 0.1) is 0 Å². The summed E-state index contributed by atoms with van der Waals surface area (Å²) in [6, 6.07) is 11.1. The van der Waals surface area contributed by atoms with E-state index in [1.165, 1.54) is 39.5 Å². The molecule has 2 saturated heterocycles. The number of phenols is 1. The van der Waals surface area contributed by atoms with Gasteiger partial charge in [0.2, 0.25) is 0 Å². The lowest BCUT2D eigenvalue weighted by atomic mass is 10.0. The molecule has 2 unspecified atom stereocenters. The summed E-state index contributed by atoms with van der Waals surface area (Å²) in [7, 11) is 4.12. The van der Waals surface area contributed by atoms with Gasteiger partial charge in [-0.05, 0) is 29.8 Å². The molecule has 298 valence electrons. The van der Waals surface area contributed by atoms with Crippen molar-refractivity contribution in [1.29, 1.82) is 0 Å². The number of carbonyl (C=O) groups is 4. The van der Waals surface area contributed by atoms with Gasteiger partial charge in [-0.3, -0.25) is 19.2 Å². The zero-order valence-corrected chi connectivity index (χ0v) is 30.9. The van der Waals surface area contributed by atoms with Crippen molar-refractivity contribution in [1.82, 2.24) is 0 Å². The topological polar surface area (TPSA) is 219 Å². The number of benzene rings is 2. The molecule has 2 aromatic rings. The number of hydrogen-bond acceptors (Lipinski definition) is 18. The number of aromatic hydroxyl groups is 1. The van der Waals surface area contributed by atoms with Gasteiger partial charge >= 0.3 is 23.9 Å². The molecule has 2 fully saturated rings. The van der Waals surface area contributed by atoms with Crippen LogP contribution in [0.2, 0.25) is 0 Å². The van der Waals surface area contributed by atoms with E-state index in [-0.39, 0.29) is 23.9 Å². The van der Waals surface area contributed by atoms with Gasteiger partial charge in [0.1, 0.15) is 18.3 Å². The van der Waals surface area contributed by atoms with Crippen LogP contribution in [0.4, 0.5) is 0 Å². The van der Waals surface area contributed by atoms with Gasteiger partial charge in [-0.1, -0.05) is 18.2 Å². The molecule has 54 heavy (non-hydrogen) atoms. The summed E-state index contributed by atoms with van der Waals surface area (Å²) in [5, 5.41) is 20.9. The number of aliphatic hydroxyl groups is 1. The van der Waals surface area contributed by atoms with Crippen molar-refractivity contribution >= 4 is 23.9 Å². The minimum atomic E-state index is -1.53. The number of phenolic OH excluding ortho intramolecular Hbond substituents is 1. The first kappa shape index (κ1) is 42.0. The Morgan fingerprint density at radius 2 is 1.35 bits per heavy atom. The molecule has 2 heterocycles. The van der Waals surface area contributed by atoms with E-state index in [1.54, 1.807) is 24.3 Å². The van der Waals surface area contributed by atoms with Gasteiger partial charge in [0, 0.05) is 34.8 Å². The van der Waals surface area contributed by atoms with E-state index in [9.17, 15) is 29.4 Å². The highest BCUT2D eigenvalue weighted by Gasteiger charge is 2.55. The van der Waals surface area contributed by atoms with Crippen molar-refractivity contribution in [3.63, 3.8) is 0 Å². The second-order valence-corrected chi connectivity index (χ2v) is 12.1. The summed E-state index contributed by atoms with van der Waals surface area (Å²) >= 11 is 0. The van der Waals surface area contributed by atoms with Crippen LogP contribution < -0.4 is 14.2 Å². The molecule has 0 saturated carbocycles. The lowest BCUT2D eigenvalue weighted by molar-refractivity contribution is -0.308. The SMILES string of the molecule is COc1cc(C(OC[C@@H]2O[C@@H](O[C@@H]3[C@@H](OC(C)=O)[C@H](OC)OC[C@H]3OC(C)=O)[C@H](OC(C)=O)[C@H]2OC(C)=O)C(CO)Oc2ccccc2OC)ccc1O. The largest absolute Gasteiger partial charge is 0.504 e. The van der Waals surface area contributed by atoms with Crippen molar-refractivity contribution in [2.45, 2.75) is 89.1 Å². The number of rotatable bonds is 17. The van der Waals surface area contributed by atoms with Crippen LogP contribution in [0.3, 0.4) is 0 Å². The highest BCUT2D eigenvalue weighted by atomic mass is 16.8. The van der Waals surface area contributed by atoms with Crippen molar-refractivity contribution in [3.05, 3.63) is 48.0 Å². The predicted octanol–water partition coefficient (Wildman–Crippen LogP) is 1.75. The maximum Gasteiger partial charge on any atom is 0.303 e. The van der Waals surface area contributed by atoms with E-state index >= 15 is 0 Å². The Hall–Kier alpha value is -4.72. The maximum absolute atomic E-state index is 12.4. The average Bonchev–Trinajstić information content (AvgIpc) is 3.42. The van der Waals surface area contributed by atoms with Crippen LogP contribution in [0.15, 0.2) is 42.5 Å². The fraction of sp³-hybridized carbons (Fsp3) is 0.556. The molecule has 18 heteroatoms. The molecule has 4 rings (SSSR count). The van der Waals surface area contributed by atoms with Crippen LogP contribution in [0.1, 0.15) is 39.4 Å². The number of para-hydroxylation sites is 2. The average molecular weight is 767 g/mol. The van der Waals surface area contributed by atoms with Gasteiger partial charge in [-0.2, -0.15) is 0 Å². The molecule has 0 spiro atoms. The summed E-state index contributed by atoms with van der Waals surface area (Å²) in [4.78, 5) is 49.1. The Balaban J connectivity index is 1.71. The number of hydrogen-bond donors (Lipinski definition) is 2. The van der Waals surface area contributed by atoms with Crippen molar-refractivity contribution in [2.24, 2.45) is 0 Å². The van der Waals surface area contributed by atoms with E-state index in [1.807, 2.05) is 0 Å². The zero-order valence-electron chi connectivity index (χ0n) is 30.9. The fourth-order valence-electron chi connectivity index (χ4n) is 6.04. The molecule has 10 atom stereocenters. The Morgan fingerprint density at radius 1 is 0.759 bits per heavy atom. The Labute approximate surface area is 311 Å². The van der Waals surface area contributed by atoms with Crippen LogP contribution >= 0.6 is 0 Å². The summed E-state index contributed by atoms with van der Waals surface area (Å²) in [6.45, 7) is 3.36. The molecule has 18 nitrogen and oxygen atoms in total. The number of esters is 4. The molecule has 0 aromatic heterocycles. The maximum atomic E-state index is 12.4. The quantitative estimate of drug-likeness (QED) is 0.173. The number of methoxy groups -OCH3 is 3. The lowest BCUT2D eigenvalue weighted by Gasteiger charge is -2.41. The van der Waals surface area contributed by atoms with Crippen LogP contribution in [0.25, 0.3) is 0 Å². The van der Waals surface area contributed by atoms with E-state index < -0.39 is 98.5 Å². The van der Waals surface area contributed by atoms with Gasteiger partial charge in [0.25, 0.3) is 0 Å². The highest BCUT2D eigenvalue weighted by Crippen LogP contribution is 2.37. The number of carbonyl (C=O) groups excluding carboxylic acids is 4. The summed E-state index contributed by atoms with van der Waals surface area (Å²) in [5.74, 6) is -2.39. The van der Waals surface area contributed by atoms with E-state index in [4.69, 9.17) is 56.8 Å². The first-order valence-electron chi connectivity index (χ1n) is 16.8. The molecule has 2 aromatic carbocycles. The first-order valence-corrected chi connectivity index (χ1v) is 16.8. The monoisotopic (exact) mass is 766 g/mol. The third kappa shape index (κ3) is 10.7. The number of ether oxygens (including phenoxy) is 12. The smallest absolute Gasteiger partial charge is 0.303 e. The Bertz CT molecular complexity index is 1580. The van der Waals surface area contributed by atoms with Crippen molar-refractivity contribution in [3.8, 4) is 23.0 Å². The summed E-state index contributed by atoms with van der Waals surface area (Å²) in [5.41, 5.74) is 0.395. The van der Waals surface area contributed by atoms with Crippen molar-refractivity contribution < 1.29 is 86.2 Å².